The molecule has 1 atom stereocenters. The zero-order chi connectivity index (χ0) is 15.5. The van der Waals surface area contributed by atoms with E-state index >= 15 is 0 Å². The second-order valence-electron chi connectivity index (χ2n) is 4.87. The summed E-state index contributed by atoms with van der Waals surface area (Å²) in [7, 11) is -3.79. The second kappa shape index (κ2) is 6.69. The van der Waals surface area contributed by atoms with E-state index in [2.05, 4.69) is 10.0 Å². The third kappa shape index (κ3) is 4.13. The van der Waals surface area contributed by atoms with Crippen LogP contribution in [0.2, 0.25) is 5.02 Å². The highest BCUT2D eigenvalue weighted by molar-refractivity contribution is 7.89. The van der Waals surface area contributed by atoms with Crippen molar-refractivity contribution in [2.75, 3.05) is 13.1 Å². The van der Waals surface area contributed by atoms with Crippen LogP contribution in [0.1, 0.15) is 19.3 Å². The Balaban J connectivity index is 2.22. The molecule has 1 aliphatic rings. The van der Waals surface area contributed by atoms with E-state index in [1.54, 1.807) is 0 Å². The molecule has 1 heterocycles. The van der Waals surface area contributed by atoms with E-state index in [9.17, 15) is 18.5 Å². The highest BCUT2D eigenvalue weighted by atomic mass is 35.5. The highest BCUT2D eigenvalue weighted by Gasteiger charge is 2.24. The van der Waals surface area contributed by atoms with Crippen molar-refractivity contribution in [3.63, 3.8) is 0 Å². The van der Waals surface area contributed by atoms with E-state index in [1.807, 2.05) is 0 Å². The lowest BCUT2D eigenvalue weighted by atomic mass is 10.1. The van der Waals surface area contributed by atoms with Crippen LogP contribution in [0.4, 0.5) is 5.69 Å². The molecule has 21 heavy (non-hydrogen) atoms. The zero-order valence-electron chi connectivity index (χ0n) is 11.2. The monoisotopic (exact) mass is 333 g/mol. The van der Waals surface area contributed by atoms with Gasteiger partial charge in [0.2, 0.25) is 10.0 Å². The number of hydrogen-bond donors (Lipinski definition) is 2. The summed E-state index contributed by atoms with van der Waals surface area (Å²) in [6.07, 6.45) is 2.31. The number of nitro benzene ring substituents is 1. The number of nitrogens with one attached hydrogen (secondary N) is 2. The van der Waals surface area contributed by atoms with Crippen molar-refractivity contribution in [3.05, 3.63) is 33.3 Å². The van der Waals surface area contributed by atoms with E-state index in [0.29, 0.717) is 6.42 Å². The van der Waals surface area contributed by atoms with Crippen molar-refractivity contribution in [1.29, 1.82) is 0 Å². The second-order valence-corrected chi connectivity index (χ2v) is 6.99. The molecule has 0 amide bonds. The minimum absolute atomic E-state index is 0.0855. The Kier molecular flexibility index (Phi) is 5.15. The van der Waals surface area contributed by atoms with Gasteiger partial charge in [0.25, 0.3) is 5.69 Å². The minimum atomic E-state index is -3.79. The molecule has 9 heteroatoms. The van der Waals surface area contributed by atoms with Gasteiger partial charge >= 0.3 is 0 Å². The van der Waals surface area contributed by atoms with Gasteiger partial charge < -0.3 is 5.32 Å². The van der Waals surface area contributed by atoms with E-state index in [4.69, 9.17) is 11.6 Å². The molecule has 2 N–H and O–H groups in total. The number of sulfonamides is 1. The summed E-state index contributed by atoms with van der Waals surface area (Å²) in [6.45, 7) is 1.61. The first-order chi connectivity index (χ1) is 9.90. The maximum Gasteiger partial charge on any atom is 0.289 e. The Bertz CT molecular complexity index is 627. The van der Waals surface area contributed by atoms with Gasteiger partial charge in [-0.1, -0.05) is 11.6 Å². The predicted octanol–water partition coefficient (Wildman–Crippen LogP) is 1.67. The lowest BCUT2D eigenvalue weighted by Gasteiger charge is -2.16. The first-order valence-electron chi connectivity index (χ1n) is 6.57. The van der Waals surface area contributed by atoms with Crippen LogP contribution in [0.25, 0.3) is 0 Å². The quantitative estimate of drug-likeness (QED) is 0.644. The number of nitro groups is 1. The molecule has 116 valence electrons. The number of rotatable bonds is 4. The Labute approximate surface area is 127 Å². The fourth-order valence-corrected chi connectivity index (χ4v) is 3.74. The van der Waals surface area contributed by atoms with E-state index < -0.39 is 20.6 Å². The Morgan fingerprint density at radius 2 is 2.10 bits per heavy atom. The summed E-state index contributed by atoms with van der Waals surface area (Å²) in [5.41, 5.74) is -0.415. The van der Waals surface area contributed by atoms with E-state index in [-0.39, 0.29) is 16.0 Å². The molecule has 2 rings (SSSR count). The Hall–Kier alpha value is -1.22. The van der Waals surface area contributed by atoms with Gasteiger partial charge in [0, 0.05) is 12.1 Å². The van der Waals surface area contributed by atoms with Crippen molar-refractivity contribution in [2.45, 2.75) is 30.2 Å². The maximum absolute atomic E-state index is 12.3. The topological polar surface area (TPSA) is 101 Å². The molecular weight excluding hydrogens is 318 g/mol. The molecule has 1 aliphatic heterocycles. The third-order valence-corrected chi connectivity index (χ3v) is 5.16. The molecular formula is C12H16ClN3O4S. The standard InChI is InChI=1S/C12H16ClN3O4S/c13-11-4-3-10(8-12(11)16(17)18)21(19,20)15-9-2-1-6-14-7-5-9/h3-4,8-9,14-15H,1-2,5-7H2. The predicted molar refractivity (Wildman–Crippen MR) is 78.9 cm³/mol. The summed E-state index contributed by atoms with van der Waals surface area (Å²) in [5.74, 6) is 0. The van der Waals surface area contributed by atoms with Crippen molar-refractivity contribution < 1.29 is 13.3 Å². The molecule has 0 aliphatic carbocycles. The van der Waals surface area contributed by atoms with Gasteiger partial charge in [0.05, 0.1) is 9.82 Å². The Morgan fingerprint density at radius 1 is 1.33 bits per heavy atom. The van der Waals surface area contributed by atoms with Crippen molar-refractivity contribution >= 4 is 27.3 Å². The van der Waals surface area contributed by atoms with E-state index in [1.165, 1.54) is 12.1 Å². The highest BCUT2D eigenvalue weighted by Crippen LogP contribution is 2.27. The molecule has 1 saturated heterocycles. The molecule has 1 aromatic carbocycles. The van der Waals surface area contributed by atoms with Crippen LogP contribution < -0.4 is 10.0 Å². The molecule has 1 fully saturated rings. The average molecular weight is 334 g/mol. The van der Waals surface area contributed by atoms with Crippen molar-refractivity contribution in [1.82, 2.24) is 10.0 Å². The smallest absolute Gasteiger partial charge is 0.289 e. The van der Waals surface area contributed by atoms with Crippen molar-refractivity contribution in [2.24, 2.45) is 0 Å². The van der Waals surface area contributed by atoms with E-state index in [0.717, 1.165) is 32.0 Å². The molecule has 0 spiro atoms. The average Bonchev–Trinajstić information content (AvgIpc) is 2.66. The fourth-order valence-electron chi connectivity index (χ4n) is 2.22. The van der Waals surface area contributed by atoms with Gasteiger partial charge in [-0.15, -0.1) is 0 Å². The zero-order valence-corrected chi connectivity index (χ0v) is 12.8. The molecule has 1 unspecified atom stereocenters. The van der Waals surface area contributed by atoms with Gasteiger partial charge in [-0.2, -0.15) is 0 Å². The lowest BCUT2D eigenvalue weighted by Crippen LogP contribution is -2.35. The number of hydrogen-bond acceptors (Lipinski definition) is 5. The minimum Gasteiger partial charge on any atom is -0.317 e. The molecule has 0 saturated carbocycles. The summed E-state index contributed by atoms with van der Waals surface area (Å²) < 4.78 is 27.2. The van der Waals surface area contributed by atoms with Crippen LogP contribution >= 0.6 is 11.6 Å². The molecule has 7 nitrogen and oxygen atoms in total. The first kappa shape index (κ1) is 16.2. The van der Waals surface area contributed by atoms with Gasteiger partial charge in [-0.05, 0) is 44.5 Å². The Morgan fingerprint density at radius 3 is 2.81 bits per heavy atom. The van der Waals surface area contributed by atoms with Gasteiger partial charge in [0.15, 0.2) is 0 Å². The van der Waals surface area contributed by atoms with Crippen LogP contribution in [0.3, 0.4) is 0 Å². The molecule has 0 aromatic heterocycles. The normalized spacial score (nSPS) is 20.0. The lowest BCUT2D eigenvalue weighted by molar-refractivity contribution is -0.384. The molecule has 0 radical (unpaired) electrons. The SMILES string of the molecule is O=[N+]([O-])c1cc(S(=O)(=O)NC2CCCNCC2)ccc1Cl. The molecule has 0 bridgehead atoms. The summed E-state index contributed by atoms with van der Waals surface area (Å²) in [4.78, 5) is 9.99. The third-order valence-electron chi connectivity index (χ3n) is 3.32. The van der Waals surface area contributed by atoms with Gasteiger partial charge in [0.1, 0.15) is 5.02 Å². The van der Waals surface area contributed by atoms with Crippen molar-refractivity contribution in [3.8, 4) is 0 Å². The molecule has 1 aromatic rings. The largest absolute Gasteiger partial charge is 0.317 e. The van der Waals surface area contributed by atoms with Crippen LogP contribution in [-0.2, 0) is 10.0 Å². The fraction of sp³-hybridized carbons (Fsp3) is 0.500. The number of halogens is 1. The van der Waals surface area contributed by atoms with Crippen LogP contribution in [-0.4, -0.2) is 32.5 Å². The van der Waals surface area contributed by atoms with Crippen LogP contribution in [0.5, 0.6) is 0 Å². The summed E-state index contributed by atoms with van der Waals surface area (Å²) in [5, 5.41) is 13.9. The summed E-state index contributed by atoms with van der Waals surface area (Å²) in [6, 6.07) is 3.31. The van der Waals surface area contributed by atoms with Gasteiger partial charge in [-0.25, -0.2) is 13.1 Å². The van der Waals surface area contributed by atoms with Crippen LogP contribution in [0, 0.1) is 10.1 Å². The number of nitrogens with zero attached hydrogens (tertiary/aromatic N) is 1. The number of benzene rings is 1. The summed E-state index contributed by atoms with van der Waals surface area (Å²) >= 11 is 5.69. The van der Waals surface area contributed by atoms with Gasteiger partial charge in [-0.3, -0.25) is 10.1 Å². The first-order valence-corrected chi connectivity index (χ1v) is 8.43. The maximum atomic E-state index is 12.3. The van der Waals surface area contributed by atoms with Crippen LogP contribution in [0.15, 0.2) is 23.1 Å².